The van der Waals surface area contributed by atoms with Crippen molar-refractivity contribution in [1.29, 1.82) is 0 Å². The standard InChI is InChI=1S/C20H17ClN2O/c1-15-12-13-16(14-19(15)21)22-20(24)23(17-8-4-2-5-9-17)18-10-6-3-7-11-18/h2-14H,1H3,(H,22,24). The first kappa shape index (κ1) is 16.1. The van der Waals surface area contributed by atoms with Crippen LogP contribution in [-0.2, 0) is 0 Å². The second-order valence-electron chi connectivity index (χ2n) is 5.40. The quantitative estimate of drug-likeness (QED) is 0.623. The minimum Gasteiger partial charge on any atom is -0.307 e. The number of aryl methyl sites for hydroxylation is 1. The van der Waals surface area contributed by atoms with Gasteiger partial charge in [0, 0.05) is 10.7 Å². The molecule has 0 heterocycles. The number of amides is 2. The maximum absolute atomic E-state index is 12.9. The molecule has 0 fully saturated rings. The molecule has 4 heteroatoms. The van der Waals surface area contributed by atoms with E-state index in [1.165, 1.54) is 0 Å². The molecular weight excluding hydrogens is 320 g/mol. The molecule has 0 unspecified atom stereocenters. The maximum atomic E-state index is 12.9. The van der Waals surface area contributed by atoms with Crippen LogP contribution in [0.1, 0.15) is 5.56 Å². The van der Waals surface area contributed by atoms with Crippen molar-refractivity contribution in [3.05, 3.63) is 89.4 Å². The van der Waals surface area contributed by atoms with Crippen LogP contribution >= 0.6 is 11.6 Å². The molecule has 0 saturated carbocycles. The number of rotatable bonds is 3. The molecule has 3 nitrogen and oxygen atoms in total. The number of urea groups is 1. The highest BCUT2D eigenvalue weighted by molar-refractivity contribution is 6.31. The van der Waals surface area contributed by atoms with Gasteiger partial charge in [0.15, 0.2) is 0 Å². The van der Waals surface area contributed by atoms with Gasteiger partial charge in [0.2, 0.25) is 0 Å². The molecule has 0 bridgehead atoms. The fraction of sp³-hybridized carbons (Fsp3) is 0.0500. The van der Waals surface area contributed by atoms with Crippen LogP contribution in [0, 0.1) is 6.92 Å². The number of nitrogens with zero attached hydrogens (tertiary/aromatic N) is 1. The number of halogens is 1. The number of benzene rings is 3. The zero-order valence-electron chi connectivity index (χ0n) is 13.2. The molecule has 120 valence electrons. The van der Waals surface area contributed by atoms with Crippen molar-refractivity contribution in [3.63, 3.8) is 0 Å². The molecule has 0 aliphatic rings. The van der Waals surface area contributed by atoms with Gasteiger partial charge in [0.1, 0.15) is 0 Å². The summed E-state index contributed by atoms with van der Waals surface area (Å²) in [6.45, 7) is 1.92. The molecule has 0 saturated heterocycles. The lowest BCUT2D eigenvalue weighted by Gasteiger charge is -2.23. The Morgan fingerprint density at radius 3 is 1.92 bits per heavy atom. The van der Waals surface area contributed by atoms with Crippen LogP contribution in [0.25, 0.3) is 0 Å². The monoisotopic (exact) mass is 336 g/mol. The fourth-order valence-corrected chi connectivity index (χ4v) is 2.57. The molecule has 3 aromatic carbocycles. The number of para-hydroxylation sites is 2. The van der Waals surface area contributed by atoms with E-state index in [2.05, 4.69) is 5.32 Å². The van der Waals surface area contributed by atoms with E-state index in [1.54, 1.807) is 11.0 Å². The molecule has 0 radical (unpaired) electrons. The Bertz CT molecular complexity index is 795. The summed E-state index contributed by atoms with van der Waals surface area (Å²) in [5, 5.41) is 3.53. The van der Waals surface area contributed by atoms with Gasteiger partial charge < -0.3 is 5.32 Å². The summed E-state index contributed by atoms with van der Waals surface area (Å²) in [5.41, 5.74) is 3.21. The molecule has 0 spiro atoms. The van der Waals surface area contributed by atoms with Crippen molar-refractivity contribution in [2.45, 2.75) is 6.92 Å². The van der Waals surface area contributed by atoms with Crippen molar-refractivity contribution in [1.82, 2.24) is 0 Å². The molecule has 3 aromatic rings. The minimum absolute atomic E-state index is 0.243. The number of anilines is 3. The molecular formula is C20H17ClN2O. The third-order valence-corrected chi connectivity index (χ3v) is 4.06. The number of hydrogen-bond acceptors (Lipinski definition) is 1. The van der Waals surface area contributed by atoms with Gasteiger partial charge in [-0.1, -0.05) is 54.1 Å². The second kappa shape index (κ2) is 7.20. The van der Waals surface area contributed by atoms with Crippen molar-refractivity contribution in [3.8, 4) is 0 Å². The summed E-state index contributed by atoms with van der Waals surface area (Å²) in [5.74, 6) is 0. The van der Waals surface area contributed by atoms with Crippen LogP contribution in [0.3, 0.4) is 0 Å². The molecule has 1 N–H and O–H groups in total. The zero-order valence-corrected chi connectivity index (χ0v) is 14.0. The minimum atomic E-state index is -0.243. The predicted octanol–water partition coefficient (Wildman–Crippen LogP) is 6.02. The molecule has 0 aromatic heterocycles. The SMILES string of the molecule is Cc1ccc(NC(=O)N(c2ccccc2)c2ccccc2)cc1Cl. The summed E-state index contributed by atoms with van der Waals surface area (Å²) in [6, 6.07) is 24.3. The van der Waals surface area contributed by atoms with E-state index in [-0.39, 0.29) is 6.03 Å². The lowest BCUT2D eigenvalue weighted by Crippen LogP contribution is -2.30. The van der Waals surface area contributed by atoms with Gasteiger partial charge in [-0.2, -0.15) is 0 Å². The van der Waals surface area contributed by atoms with E-state index in [4.69, 9.17) is 11.6 Å². The molecule has 24 heavy (non-hydrogen) atoms. The first-order valence-electron chi connectivity index (χ1n) is 7.62. The molecule has 0 aliphatic carbocycles. The van der Waals surface area contributed by atoms with E-state index in [0.29, 0.717) is 10.7 Å². The Hall–Kier alpha value is -2.78. The summed E-state index contributed by atoms with van der Waals surface area (Å²) in [7, 11) is 0. The van der Waals surface area contributed by atoms with Crippen molar-refractivity contribution >= 4 is 34.7 Å². The van der Waals surface area contributed by atoms with Gasteiger partial charge in [0.05, 0.1) is 11.4 Å². The molecule has 0 atom stereocenters. The van der Waals surface area contributed by atoms with Crippen LogP contribution in [0.4, 0.5) is 21.9 Å². The van der Waals surface area contributed by atoms with Crippen LogP contribution in [0.2, 0.25) is 5.02 Å². The molecule has 0 aliphatic heterocycles. The Labute approximate surface area is 146 Å². The van der Waals surface area contributed by atoms with E-state index in [9.17, 15) is 4.79 Å². The Morgan fingerprint density at radius 1 is 0.875 bits per heavy atom. The smallest absolute Gasteiger partial charge is 0.307 e. The highest BCUT2D eigenvalue weighted by Gasteiger charge is 2.18. The highest BCUT2D eigenvalue weighted by Crippen LogP contribution is 2.27. The van der Waals surface area contributed by atoms with Gasteiger partial charge in [-0.15, -0.1) is 0 Å². The lowest BCUT2D eigenvalue weighted by atomic mass is 10.2. The zero-order chi connectivity index (χ0) is 16.9. The van der Waals surface area contributed by atoms with Crippen molar-refractivity contribution in [2.24, 2.45) is 0 Å². The Kier molecular flexibility index (Phi) is 4.82. The van der Waals surface area contributed by atoms with Crippen molar-refractivity contribution in [2.75, 3.05) is 10.2 Å². The topological polar surface area (TPSA) is 32.3 Å². The number of nitrogens with one attached hydrogen (secondary N) is 1. The Balaban J connectivity index is 1.93. The fourth-order valence-electron chi connectivity index (χ4n) is 2.39. The molecule has 2 amide bonds. The summed E-state index contributed by atoms with van der Waals surface area (Å²) in [6.07, 6.45) is 0. The Morgan fingerprint density at radius 2 is 1.42 bits per heavy atom. The summed E-state index contributed by atoms with van der Waals surface area (Å²) in [4.78, 5) is 14.5. The molecule has 3 rings (SSSR count). The van der Waals surface area contributed by atoms with Gasteiger partial charge in [-0.25, -0.2) is 4.79 Å². The first-order chi connectivity index (χ1) is 11.6. The average Bonchev–Trinajstić information content (AvgIpc) is 2.60. The van der Waals surface area contributed by atoms with Crippen molar-refractivity contribution < 1.29 is 4.79 Å². The highest BCUT2D eigenvalue weighted by atomic mass is 35.5. The number of hydrogen-bond donors (Lipinski definition) is 1. The third kappa shape index (κ3) is 3.58. The lowest BCUT2D eigenvalue weighted by molar-refractivity contribution is 0.259. The van der Waals surface area contributed by atoms with Gasteiger partial charge >= 0.3 is 6.03 Å². The van der Waals surface area contributed by atoms with E-state index < -0.39 is 0 Å². The van der Waals surface area contributed by atoms with E-state index >= 15 is 0 Å². The third-order valence-electron chi connectivity index (χ3n) is 3.65. The van der Waals surface area contributed by atoms with Gasteiger partial charge in [-0.3, -0.25) is 4.90 Å². The van der Waals surface area contributed by atoms with Crippen LogP contribution < -0.4 is 10.2 Å². The first-order valence-corrected chi connectivity index (χ1v) is 8.00. The van der Waals surface area contributed by atoms with Crippen LogP contribution in [-0.4, -0.2) is 6.03 Å². The number of carbonyl (C=O) groups excluding carboxylic acids is 1. The van der Waals surface area contributed by atoms with E-state index in [0.717, 1.165) is 16.9 Å². The second-order valence-corrected chi connectivity index (χ2v) is 5.81. The van der Waals surface area contributed by atoms with E-state index in [1.807, 2.05) is 79.7 Å². The van der Waals surface area contributed by atoms with Gasteiger partial charge in [-0.05, 0) is 48.9 Å². The van der Waals surface area contributed by atoms with Gasteiger partial charge in [0.25, 0.3) is 0 Å². The van der Waals surface area contributed by atoms with Crippen LogP contribution in [0.5, 0.6) is 0 Å². The predicted molar refractivity (Wildman–Crippen MR) is 100 cm³/mol. The normalized spacial score (nSPS) is 10.2. The largest absolute Gasteiger partial charge is 0.330 e. The maximum Gasteiger partial charge on any atom is 0.330 e. The van der Waals surface area contributed by atoms with Crippen LogP contribution in [0.15, 0.2) is 78.9 Å². The summed E-state index contributed by atoms with van der Waals surface area (Å²) >= 11 is 6.15. The average molecular weight is 337 g/mol. The summed E-state index contributed by atoms with van der Waals surface area (Å²) < 4.78 is 0. The number of carbonyl (C=O) groups is 1.